The highest BCUT2D eigenvalue weighted by molar-refractivity contribution is 7.96. The third-order valence-electron chi connectivity index (χ3n) is 1.85. The van der Waals surface area contributed by atoms with Crippen molar-refractivity contribution in [3.8, 4) is 0 Å². The number of hydrogen-bond donors (Lipinski definition) is 0. The van der Waals surface area contributed by atoms with Crippen LogP contribution in [-0.4, -0.2) is 50.9 Å². The second-order valence-corrected chi connectivity index (χ2v) is 5.73. The van der Waals surface area contributed by atoms with Crippen LogP contribution in [-0.2, 0) is 19.5 Å². The van der Waals surface area contributed by atoms with Crippen LogP contribution in [0.5, 0.6) is 0 Å². The highest BCUT2D eigenvalue weighted by atomic mass is 32.2. The van der Waals surface area contributed by atoms with Crippen molar-refractivity contribution in [3.05, 3.63) is 0 Å². The lowest BCUT2D eigenvalue weighted by atomic mass is 10.7. The first-order valence-electron chi connectivity index (χ1n) is 4.28. The van der Waals surface area contributed by atoms with Crippen molar-refractivity contribution in [3.63, 3.8) is 0 Å². The molecule has 2 aliphatic heterocycles. The minimum Gasteiger partial charge on any atom is -0.313 e. The summed E-state index contributed by atoms with van der Waals surface area (Å²) in [6.07, 6.45) is 0. The summed E-state index contributed by atoms with van der Waals surface area (Å²) >= 11 is 1.70. The average Bonchev–Trinajstić information content (AvgIpc) is 2.30. The van der Waals surface area contributed by atoms with E-state index in [0.717, 1.165) is 13.1 Å². The molecule has 14 heavy (non-hydrogen) atoms. The lowest BCUT2D eigenvalue weighted by Crippen LogP contribution is -2.44. The molecule has 2 fully saturated rings. The maximum atomic E-state index is 12.0. The van der Waals surface area contributed by atoms with Crippen molar-refractivity contribution in [2.24, 2.45) is 0 Å². The zero-order chi connectivity index (χ0) is 9.80. The van der Waals surface area contributed by atoms with E-state index in [4.69, 9.17) is 8.37 Å². The molecule has 8 heteroatoms. The van der Waals surface area contributed by atoms with Crippen molar-refractivity contribution < 1.29 is 12.6 Å². The zero-order valence-electron chi connectivity index (χ0n) is 7.59. The lowest BCUT2D eigenvalue weighted by molar-refractivity contribution is 0.271. The Kier molecular flexibility index (Phi) is 4.54. The Morgan fingerprint density at radius 2 is 1.50 bits per heavy atom. The standard InChI is InChI=1S/C6H12N2O3S3/c9-14(7-1-3-10-12-5-7)8-2-4-11-13-6-8/h1-6H2. The van der Waals surface area contributed by atoms with Gasteiger partial charge in [-0.05, 0) is 0 Å². The molecule has 0 aliphatic carbocycles. The maximum Gasteiger partial charge on any atom is 0.174 e. The molecule has 0 spiro atoms. The van der Waals surface area contributed by atoms with E-state index < -0.39 is 11.2 Å². The summed E-state index contributed by atoms with van der Waals surface area (Å²) in [5, 5.41) is 0. The molecule has 82 valence electrons. The Morgan fingerprint density at radius 3 is 1.86 bits per heavy atom. The first-order valence-corrected chi connectivity index (χ1v) is 7.17. The highest BCUT2D eigenvalue weighted by Crippen LogP contribution is 2.19. The number of nitrogens with zero attached hydrogens (tertiary/aromatic N) is 2. The molecule has 0 amide bonds. The molecule has 2 aliphatic rings. The highest BCUT2D eigenvalue weighted by Gasteiger charge is 2.25. The molecule has 2 saturated heterocycles. The van der Waals surface area contributed by atoms with E-state index in [2.05, 4.69) is 0 Å². The second kappa shape index (κ2) is 5.69. The molecule has 0 aromatic heterocycles. The van der Waals surface area contributed by atoms with E-state index in [1.165, 1.54) is 24.1 Å². The quantitative estimate of drug-likeness (QED) is 0.671. The Hall–Kier alpha value is 0.690. The molecule has 0 atom stereocenters. The van der Waals surface area contributed by atoms with E-state index in [1.807, 2.05) is 8.61 Å². The summed E-state index contributed by atoms with van der Waals surface area (Å²) in [5.74, 6) is 1.35. The summed E-state index contributed by atoms with van der Waals surface area (Å²) in [6.45, 7) is 2.77. The lowest BCUT2D eigenvalue weighted by Gasteiger charge is -2.31. The second-order valence-electron chi connectivity index (χ2n) is 2.78. The van der Waals surface area contributed by atoms with Crippen LogP contribution in [0.25, 0.3) is 0 Å². The monoisotopic (exact) mass is 256 g/mol. The number of hydrogen-bond acceptors (Lipinski definition) is 5. The minimum absolute atomic E-state index is 0.647. The Balaban J connectivity index is 1.85. The Bertz CT molecular complexity index is 186. The fraction of sp³-hybridized carbons (Fsp3) is 1.00. The van der Waals surface area contributed by atoms with Gasteiger partial charge in [0.1, 0.15) is 0 Å². The predicted molar refractivity (Wildman–Crippen MR) is 58.4 cm³/mol. The fourth-order valence-electron chi connectivity index (χ4n) is 1.13. The van der Waals surface area contributed by atoms with E-state index in [1.54, 1.807) is 0 Å². The molecule has 0 bridgehead atoms. The summed E-state index contributed by atoms with van der Waals surface area (Å²) in [5.41, 5.74) is 0. The topological polar surface area (TPSA) is 42.0 Å². The van der Waals surface area contributed by atoms with Gasteiger partial charge in [-0.2, -0.15) is 8.61 Å². The van der Waals surface area contributed by atoms with Gasteiger partial charge in [-0.3, -0.25) is 0 Å². The average molecular weight is 256 g/mol. The predicted octanol–water partition coefficient (Wildman–Crippen LogP) is 0.441. The van der Waals surface area contributed by atoms with Crippen LogP contribution in [0, 0.1) is 0 Å². The SMILES string of the molecule is O=S(N1CCOSC1)N1CCOSC1. The summed E-state index contributed by atoms with van der Waals surface area (Å²) in [6, 6.07) is 0. The minimum atomic E-state index is -1.03. The van der Waals surface area contributed by atoms with E-state index in [9.17, 15) is 4.21 Å². The van der Waals surface area contributed by atoms with Gasteiger partial charge < -0.3 is 8.37 Å². The number of rotatable bonds is 2. The van der Waals surface area contributed by atoms with Gasteiger partial charge in [0.05, 0.1) is 25.0 Å². The smallest absolute Gasteiger partial charge is 0.174 e. The van der Waals surface area contributed by atoms with Gasteiger partial charge in [0.15, 0.2) is 11.2 Å². The molecular formula is C6H12N2O3S3. The van der Waals surface area contributed by atoms with Crippen molar-refractivity contribution in [1.29, 1.82) is 0 Å². The third kappa shape index (κ3) is 2.84. The van der Waals surface area contributed by atoms with Gasteiger partial charge in [-0.25, -0.2) is 4.21 Å². The van der Waals surface area contributed by atoms with Crippen molar-refractivity contribution >= 4 is 35.3 Å². The van der Waals surface area contributed by atoms with Crippen LogP contribution in [0.2, 0.25) is 0 Å². The van der Waals surface area contributed by atoms with Crippen molar-refractivity contribution in [1.82, 2.24) is 8.61 Å². The van der Waals surface area contributed by atoms with E-state index >= 15 is 0 Å². The van der Waals surface area contributed by atoms with Crippen LogP contribution in [0.3, 0.4) is 0 Å². The maximum absolute atomic E-state index is 12.0. The molecule has 2 rings (SSSR count). The molecule has 0 aromatic rings. The molecule has 0 aromatic carbocycles. The largest absolute Gasteiger partial charge is 0.313 e. The molecular weight excluding hydrogens is 244 g/mol. The van der Waals surface area contributed by atoms with Gasteiger partial charge in [0, 0.05) is 37.2 Å². The van der Waals surface area contributed by atoms with Gasteiger partial charge in [-0.15, -0.1) is 0 Å². The van der Waals surface area contributed by atoms with Gasteiger partial charge in [0.25, 0.3) is 0 Å². The van der Waals surface area contributed by atoms with Crippen LogP contribution < -0.4 is 0 Å². The molecule has 0 saturated carbocycles. The van der Waals surface area contributed by atoms with Crippen LogP contribution in [0.4, 0.5) is 0 Å². The molecule has 5 nitrogen and oxygen atoms in total. The van der Waals surface area contributed by atoms with Crippen LogP contribution >= 0.6 is 24.1 Å². The van der Waals surface area contributed by atoms with Crippen LogP contribution in [0.1, 0.15) is 0 Å². The summed E-state index contributed by atoms with van der Waals surface area (Å²) in [7, 11) is 0. The molecule has 0 N–H and O–H groups in total. The Morgan fingerprint density at radius 1 is 1.00 bits per heavy atom. The normalized spacial score (nSPS) is 26.9. The molecule has 0 unspecified atom stereocenters. The fourth-order valence-corrected chi connectivity index (χ4v) is 3.92. The Labute approximate surface area is 94.6 Å². The van der Waals surface area contributed by atoms with Crippen molar-refractivity contribution in [2.75, 3.05) is 38.1 Å². The van der Waals surface area contributed by atoms with Crippen molar-refractivity contribution in [2.45, 2.75) is 0 Å². The first kappa shape index (κ1) is 11.2. The molecule has 2 heterocycles. The summed E-state index contributed by atoms with van der Waals surface area (Å²) in [4.78, 5) is 0. The van der Waals surface area contributed by atoms with Gasteiger partial charge in [-0.1, -0.05) is 0 Å². The van der Waals surface area contributed by atoms with E-state index in [-0.39, 0.29) is 0 Å². The van der Waals surface area contributed by atoms with Gasteiger partial charge in [0.2, 0.25) is 0 Å². The van der Waals surface area contributed by atoms with Crippen LogP contribution in [0.15, 0.2) is 0 Å². The van der Waals surface area contributed by atoms with Gasteiger partial charge >= 0.3 is 0 Å². The first-order chi connectivity index (χ1) is 6.88. The molecule has 0 radical (unpaired) electrons. The zero-order valence-corrected chi connectivity index (χ0v) is 10.0. The summed E-state index contributed by atoms with van der Waals surface area (Å²) < 4.78 is 26.1. The van der Waals surface area contributed by atoms with E-state index in [0.29, 0.717) is 25.0 Å². The third-order valence-corrected chi connectivity index (χ3v) is 5.18.